The van der Waals surface area contributed by atoms with Crippen molar-refractivity contribution in [3.63, 3.8) is 0 Å². The summed E-state index contributed by atoms with van der Waals surface area (Å²) in [6.07, 6.45) is 0. The fourth-order valence-corrected chi connectivity index (χ4v) is 2.20. The van der Waals surface area contributed by atoms with Crippen LogP contribution in [0.2, 0.25) is 5.02 Å². The Bertz CT molecular complexity index is 737. The summed E-state index contributed by atoms with van der Waals surface area (Å²) in [5, 5.41) is 2.88. The number of hydrogen-bond acceptors (Lipinski definition) is 2. The molecule has 0 saturated carbocycles. The van der Waals surface area contributed by atoms with Crippen molar-refractivity contribution < 1.29 is 18.0 Å². The van der Waals surface area contributed by atoms with Crippen LogP contribution in [0.1, 0.15) is 12.5 Å². The van der Waals surface area contributed by atoms with E-state index < -0.39 is 35.1 Å². The Labute approximate surface area is 143 Å². The van der Waals surface area contributed by atoms with Crippen LogP contribution in [-0.2, 0) is 11.3 Å². The number of halogens is 4. The average Bonchev–Trinajstić information content (AvgIpc) is 2.56. The van der Waals surface area contributed by atoms with E-state index in [4.69, 9.17) is 11.6 Å². The number of anilines is 1. The standard InChI is InChI=1S/C17H16ClF3N2O/c1-10(23(2)9-11-3-5-12(18)6-4-11)17(24)22-14-8-7-13(19)15(20)16(14)21/h3-8,10H,9H2,1-2H3,(H,22,24)/t10-/m0/s1. The summed E-state index contributed by atoms with van der Waals surface area (Å²) < 4.78 is 39.7. The predicted octanol–water partition coefficient (Wildman–Crippen LogP) is 4.22. The minimum absolute atomic E-state index is 0.398. The van der Waals surface area contributed by atoms with E-state index in [9.17, 15) is 18.0 Å². The molecular formula is C17H16ClF3N2O. The first-order chi connectivity index (χ1) is 11.3. The zero-order valence-electron chi connectivity index (χ0n) is 13.1. The van der Waals surface area contributed by atoms with Gasteiger partial charge in [-0.1, -0.05) is 23.7 Å². The van der Waals surface area contributed by atoms with Crippen LogP contribution in [0.5, 0.6) is 0 Å². The second kappa shape index (κ2) is 7.68. The second-order valence-corrected chi connectivity index (χ2v) is 5.87. The monoisotopic (exact) mass is 356 g/mol. The van der Waals surface area contributed by atoms with Crippen LogP contribution in [0, 0.1) is 17.5 Å². The van der Waals surface area contributed by atoms with Gasteiger partial charge in [-0.05, 0) is 43.8 Å². The molecule has 0 saturated heterocycles. The van der Waals surface area contributed by atoms with E-state index in [1.165, 1.54) is 0 Å². The lowest BCUT2D eigenvalue weighted by atomic mass is 10.2. The van der Waals surface area contributed by atoms with Crippen molar-refractivity contribution >= 4 is 23.2 Å². The predicted molar refractivity (Wildman–Crippen MR) is 87.3 cm³/mol. The van der Waals surface area contributed by atoms with E-state index >= 15 is 0 Å². The summed E-state index contributed by atoms with van der Waals surface area (Å²) in [6.45, 7) is 2.09. The molecule has 7 heteroatoms. The summed E-state index contributed by atoms with van der Waals surface area (Å²) in [6, 6.07) is 8.27. The van der Waals surface area contributed by atoms with Crippen LogP contribution >= 0.6 is 11.6 Å². The van der Waals surface area contributed by atoms with Crippen LogP contribution in [0.3, 0.4) is 0 Å². The third-order valence-electron chi connectivity index (χ3n) is 3.68. The van der Waals surface area contributed by atoms with Crippen LogP contribution < -0.4 is 5.32 Å². The number of likely N-dealkylation sites (N-methyl/N-ethyl adjacent to an activating group) is 1. The van der Waals surface area contributed by atoms with Crippen molar-refractivity contribution in [3.05, 3.63) is 64.4 Å². The van der Waals surface area contributed by atoms with Crippen molar-refractivity contribution in [1.29, 1.82) is 0 Å². The minimum Gasteiger partial charge on any atom is -0.322 e. The number of carbonyl (C=O) groups is 1. The molecule has 2 aromatic carbocycles. The zero-order valence-corrected chi connectivity index (χ0v) is 13.9. The Morgan fingerprint density at radius 3 is 2.38 bits per heavy atom. The highest BCUT2D eigenvalue weighted by atomic mass is 35.5. The number of hydrogen-bond donors (Lipinski definition) is 1. The molecular weight excluding hydrogens is 341 g/mol. The normalized spacial score (nSPS) is 12.3. The molecule has 3 nitrogen and oxygen atoms in total. The van der Waals surface area contributed by atoms with Gasteiger partial charge in [-0.2, -0.15) is 0 Å². The van der Waals surface area contributed by atoms with Crippen molar-refractivity contribution in [3.8, 4) is 0 Å². The van der Waals surface area contributed by atoms with Crippen molar-refractivity contribution in [2.75, 3.05) is 12.4 Å². The van der Waals surface area contributed by atoms with Gasteiger partial charge in [0.2, 0.25) is 5.91 Å². The van der Waals surface area contributed by atoms with Crippen molar-refractivity contribution in [2.24, 2.45) is 0 Å². The van der Waals surface area contributed by atoms with E-state index in [2.05, 4.69) is 5.32 Å². The lowest BCUT2D eigenvalue weighted by Crippen LogP contribution is -2.39. The Balaban J connectivity index is 2.03. The SMILES string of the molecule is C[C@@H](C(=O)Nc1ccc(F)c(F)c1F)N(C)Cc1ccc(Cl)cc1. The van der Waals surface area contributed by atoms with Crippen molar-refractivity contribution in [2.45, 2.75) is 19.5 Å². The number of rotatable bonds is 5. The van der Waals surface area contributed by atoms with Crippen LogP contribution in [0.4, 0.5) is 18.9 Å². The number of nitrogens with zero attached hydrogens (tertiary/aromatic N) is 1. The van der Waals surface area contributed by atoms with Gasteiger partial charge < -0.3 is 5.32 Å². The largest absolute Gasteiger partial charge is 0.322 e. The quantitative estimate of drug-likeness (QED) is 0.814. The van der Waals surface area contributed by atoms with Gasteiger partial charge in [-0.15, -0.1) is 0 Å². The van der Waals surface area contributed by atoms with Gasteiger partial charge in [0.25, 0.3) is 0 Å². The Morgan fingerprint density at radius 1 is 1.12 bits per heavy atom. The highest BCUT2D eigenvalue weighted by molar-refractivity contribution is 6.30. The topological polar surface area (TPSA) is 32.3 Å². The molecule has 0 aliphatic heterocycles. The van der Waals surface area contributed by atoms with Crippen LogP contribution in [0.25, 0.3) is 0 Å². The summed E-state index contributed by atoms with van der Waals surface area (Å²) in [5.74, 6) is -4.87. The molecule has 0 radical (unpaired) electrons. The third-order valence-corrected chi connectivity index (χ3v) is 3.93. The molecule has 1 atom stereocenters. The van der Waals surface area contributed by atoms with Gasteiger partial charge in [-0.3, -0.25) is 9.69 Å². The number of benzene rings is 2. The van der Waals surface area contributed by atoms with Gasteiger partial charge in [0.1, 0.15) is 0 Å². The van der Waals surface area contributed by atoms with E-state index in [0.29, 0.717) is 11.6 Å². The summed E-state index contributed by atoms with van der Waals surface area (Å²) in [5.41, 5.74) is 0.547. The summed E-state index contributed by atoms with van der Waals surface area (Å²) in [7, 11) is 1.72. The molecule has 2 rings (SSSR count). The molecule has 0 spiro atoms. The summed E-state index contributed by atoms with van der Waals surface area (Å²) in [4.78, 5) is 13.9. The first kappa shape index (κ1) is 18.3. The molecule has 1 N–H and O–H groups in total. The number of amides is 1. The smallest absolute Gasteiger partial charge is 0.241 e. The Morgan fingerprint density at radius 2 is 1.75 bits per heavy atom. The van der Waals surface area contributed by atoms with Crippen LogP contribution in [0.15, 0.2) is 36.4 Å². The van der Waals surface area contributed by atoms with Gasteiger partial charge in [0.15, 0.2) is 17.5 Å². The highest BCUT2D eigenvalue weighted by Crippen LogP contribution is 2.20. The van der Waals surface area contributed by atoms with Gasteiger partial charge in [0, 0.05) is 11.6 Å². The lowest BCUT2D eigenvalue weighted by molar-refractivity contribution is -0.120. The number of carbonyl (C=O) groups excluding carboxylic acids is 1. The molecule has 0 unspecified atom stereocenters. The minimum atomic E-state index is -1.62. The molecule has 1 amide bonds. The number of nitrogens with one attached hydrogen (secondary N) is 1. The Hall–Kier alpha value is -2.05. The Kier molecular flexibility index (Phi) is 5.85. The summed E-state index contributed by atoms with van der Waals surface area (Å²) >= 11 is 5.82. The second-order valence-electron chi connectivity index (χ2n) is 5.43. The maximum Gasteiger partial charge on any atom is 0.241 e. The van der Waals surface area contributed by atoms with E-state index in [1.807, 2.05) is 12.1 Å². The molecule has 0 aliphatic carbocycles. The lowest BCUT2D eigenvalue weighted by Gasteiger charge is -2.24. The molecule has 0 aromatic heterocycles. The first-order valence-electron chi connectivity index (χ1n) is 7.18. The average molecular weight is 357 g/mol. The van der Waals surface area contributed by atoms with E-state index in [-0.39, 0.29) is 0 Å². The molecule has 0 fully saturated rings. The highest BCUT2D eigenvalue weighted by Gasteiger charge is 2.21. The molecule has 128 valence electrons. The van der Waals surface area contributed by atoms with Gasteiger partial charge in [0.05, 0.1) is 11.7 Å². The molecule has 0 aliphatic rings. The fraction of sp³-hybridized carbons (Fsp3) is 0.235. The maximum atomic E-state index is 13.6. The maximum absolute atomic E-state index is 13.6. The fourth-order valence-electron chi connectivity index (χ4n) is 2.07. The molecule has 2 aromatic rings. The molecule has 24 heavy (non-hydrogen) atoms. The zero-order chi connectivity index (χ0) is 17.9. The van der Waals surface area contributed by atoms with E-state index in [1.54, 1.807) is 31.0 Å². The van der Waals surface area contributed by atoms with Gasteiger partial charge >= 0.3 is 0 Å². The van der Waals surface area contributed by atoms with Crippen LogP contribution in [-0.4, -0.2) is 23.9 Å². The molecule has 0 bridgehead atoms. The van der Waals surface area contributed by atoms with Gasteiger partial charge in [-0.25, -0.2) is 13.2 Å². The first-order valence-corrected chi connectivity index (χ1v) is 7.56. The van der Waals surface area contributed by atoms with E-state index in [0.717, 1.165) is 17.7 Å². The third kappa shape index (κ3) is 4.27. The molecule has 0 heterocycles. The van der Waals surface area contributed by atoms with Crippen molar-refractivity contribution in [1.82, 2.24) is 4.90 Å².